The van der Waals surface area contributed by atoms with Crippen LogP contribution in [-0.4, -0.2) is 43.3 Å². The van der Waals surface area contributed by atoms with Gasteiger partial charge in [0, 0.05) is 44.2 Å². The molecule has 2 N–H and O–H groups in total. The summed E-state index contributed by atoms with van der Waals surface area (Å²) in [6.45, 7) is 6.45. The van der Waals surface area contributed by atoms with Crippen LogP contribution in [0.15, 0.2) is 24.3 Å². The molecule has 1 saturated heterocycles. The van der Waals surface area contributed by atoms with E-state index in [-0.39, 0.29) is 5.60 Å². The quantitative estimate of drug-likeness (QED) is 0.903. The molecule has 2 aliphatic heterocycles. The smallest absolute Gasteiger partial charge is 0.141 e. The molecule has 4 heteroatoms. The average molecular weight is 288 g/mol. The topological polar surface area (TPSA) is 47.7 Å². The average Bonchev–Trinajstić information content (AvgIpc) is 2.87. The van der Waals surface area contributed by atoms with Crippen molar-refractivity contribution in [2.75, 3.05) is 32.8 Å². The Morgan fingerprint density at radius 2 is 2.33 bits per heavy atom. The summed E-state index contributed by atoms with van der Waals surface area (Å²) in [6.07, 6.45) is 6.41. The molecule has 21 heavy (non-hydrogen) atoms. The number of hydrogen-bond donors (Lipinski definition) is 1. The van der Waals surface area contributed by atoms with Crippen LogP contribution in [-0.2, 0) is 0 Å². The monoisotopic (exact) mass is 288 g/mol. The van der Waals surface area contributed by atoms with Crippen LogP contribution in [0.4, 0.5) is 0 Å². The second kappa shape index (κ2) is 6.08. The van der Waals surface area contributed by atoms with Gasteiger partial charge >= 0.3 is 0 Å². The summed E-state index contributed by atoms with van der Waals surface area (Å²) >= 11 is 0. The maximum atomic E-state index is 6.33. The Hall–Kier alpha value is -1.52. The van der Waals surface area contributed by atoms with E-state index in [0.29, 0.717) is 6.54 Å². The van der Waals surface area contributed by atoms with Crippen molar-refractivity contribution in [3.63, 3.8) is 0 Å². The molecule has 1 atom stereocenters. The minimum absolute atomic E-state index is 0.189. The predicted octanol–water partition coefficient (Wildman–Crippen LogP) is 2.28. The van der Waals surface area contributed by atoms with Crippen LogP contribution >= 0.6 is 0 Å². The molecule has 1 aromatic rings. The van der Waals surface area contributed by atoms with Crippen molar-refractivity contribution in [3.05, 3.63) is 29.8 Å². The fourth-order valence-electron chi connectivity index (χ4n) is 3.02. The minimum atomic E-state index is -0.189. The number of ether oxygens (including phenoxy) is 2. The van der Waals surface area contributed by atoms with Crippen LogP contribution in [0.5, 0.6) is 11.5 Å². The van der Waals surface area contributed by atoms with Gasteiger partial charge in [-0.3, -0.25) is 4.90 Å². The molecule has 4 nitrogen and oxygen atoms in total. The zero-order valence-corrected chi connectivity index (χ0v) is 12.7. The number of nitrogens with two attached hydrogens (primary N) is 1. The van der Waals surface area contributed by atoms with Gasteiger partial charge in [0.1, 0.15) is 17.1 Å². The van der Waals surface area contributed by atoms with Crippen LogP contribution in [0.25, 0.3) is 6.08 Å². The molecule has 0 amide bonds. The van der Waals surface area contributed by atoms with Crippen molar-refractivity contribution in [1.82, 2.24) is 4.90 Å². The van der Waals surface area contributed by atoms with Crippen molar-refractivity contribution < 1.29 is 9.47 Å². The van der Waals surface area contributed by atoms with Gasteiger partial charge < -0.3 is 15.2 Å². The molecule has 3 rings (SSSR count). The summed E-state index contributed by atoms with van der Waals surface area (Å²) in [5.74, 6) is 1.82. The summed E-state index contributed by atoms with van der Waals surface area (Å²) < 4.78 is 12.0. The number of rotatable bonds is 5. The van der Waals surface area contributed by atoms with Gasteiger partial charge in [0.15, 0.2) is 0 Å². The lowest BCUT2D eigenvalue weighted by atomic mass is 9.97. The van der Waals surface area contributed by atoms with Crippen LogP contribution < -0.4 is 15.2 Å². The summed E-state index contributed by atoms with van der Waals surface area (Å²) in [7, 11) is 0. The first-order chi connectivity index (χ1) is 10.2. The van der Waals surface area contributed by atoms with Crippen molar-refractivity contribution >= 4 is 6.08 Å². The highest BCUT2D eigenvalue weighted by molar-refractivity contribution is 5.63. The van der Waals surface area contributed by atoms with Gasteiger partial charge in [-0.25, -0.2) is 0 Å². The van der Waals surface area contributed by atoms with E-state index in [4.69, 9.17) is 15.2 Å². The van der Waals surface area contributed by atoms with Crippen LogP contribution in [0, 0.1) is 0 Å². The summed E-state index contributed by atoms with van der Waals surface area (Å²) in [4.78, 5) is 2.37. The van der Waals surface area contributed by atoms with E-state index in [1.165, 1.54) is 0 Å². The molecule has 0 bridgehead atoms. The maximum absolute atomic E-state index is 6.33. The number of benzene rings is 1. The fourth-order valence-corrected chi connectivity index (χ4v) is 3.02. The second-order valence-corrected chi connectivity index (χ2v) is 5.86. The molecule has 1 spiro atoms. The molecule has 0 radical (unpaired) electrons. The normalized spacial score (nSPS) is 24.1. The van der Waals surface area contributed by atoms with Gasteiger partial charge in [0.05, 0.1) is 6.61 Å². The van der Waals surface area contributed by atoms with E-state index >= 15 is 0 Å². The molecule has 1 unspecified atom stereocenters. The Bertz CT molecular complexity index is 530. The molecule has 0 aromatic heterocycles. The molecule has 2 heterocycles. The third-order valence-electron chi connectivity index (χ3n) is 4.13. The van der Waals surface area contributed by atoms with E-state index in [1.807, 2.05) is 12.1 Å². The maximum Gasteiger partial charge on any atom is 0.141 e. The predicted molar refractivity (Wildman–Crippen MR) is 84.7 cm³/mol. The zero-order valence-electron chi connectivity index (χ0n) is 12.7. The molecule has 1 fully saturated rings. The minimum Gasteiger partial charge on any atom is -0.493 e. The van der Waals surface area contributed by atoms with Crippen molar-refractivity contribution in [2.45, 2.75) is 25.4 Å². The lowest BCUT2D eigenvalue weighted by Crippen LogP contribution is -2.39. The Labute approximate surface area is 126 Å². The molecule has 1 aromatic carbocycles. The standard InChI is InChI=1S/C17H24N2O2/c1-2-11-20-15-4-3-14-5-6-17(21-16(14)12-15)7-9-19(13-17)10-8-18/h3-6,12H,2,7-11,13,18H2,1H3. The van der Waals surface area contributed by atoms with E-state index in [2.05, 4.69) is 30.0 Å². The highest BCUT2D eigenvalue weighted by Crippen LogP contribution is 2.38. The molecular weight excluding hydrogens is 264 g/mol. The van der Waals surface area contributed by atoms with Crippen LogP contribution in [0.1, 0.15) is 25.3 Å². The third kappa shape index (κ3) is 3.06. The summed E-state index contributed by atoms with van der Waals surface area (Å²) in [6, 6.07) is 6.09. The van der Waals surface area contributed by atoms with Gasteiger partial charge in [-0.2, -0.15) is 0 Å². The van der Waals surface area contributed by atoms with E-state index < -0.39 is 0 Å². The lowest BCUT2D eigenvalue weighted by Gasteiger charge is -2.31. The number of nitrogens with zero attached hydrogens (tertiary/aromatic N) is 1. The van der Waals surface area contributed by atoms with Crippen LogP contribution in [0.3, 0.4) is 0 Å². The first kappa shape index (κ1) is 14.4. The lowest BCUT2D eigenvalue weighted by molar-refractivity contribution is 0.123. The van der Waals surface area contributed by atoms with E-state index in [1.54, 1.807) is 0 Å². The van der Waals surface area contributed by atoms with E-state index in [9.17, 15) is 0 Å². The van der Waals surface area contributed by atoms with Crippen molar-refractivity contribution in [1.29, 1.82) is 0 Å². The van der Waals surface area contributed by atoms with Gasteiger partial charge in [0.25, 0.3) is 0 Å². The summed E-state index contributed by atoms with van der Waals surface area (Å²) in [5, 5.41) is 0. The molecule has 114 valence electrons. The van der Waals surface area contributed by atoms with Gasteiger partial charge in [-0.15, -0.1) is 0 Å². The number of fused-ring (bicyclic) bond motifs is 1. The molecular formula is C17H24N2O2. The van der Waals surface area contributed by atoms with E-state index in [0.717, 1.165) is 56.1 Å². The Kier molecular flexibility index (Phi) is 4.17. The van der Waals surface area contributed by atoms with Gasteiger partial charge in [-0.1, -0.05) is 13.0 Å². The molecule has 0 aliphatic carbocycles. The Morgan fingerprint density at radius 1 is 1.43 bits per heavy atom. The molecule has 2 aliphatic rings. The van der Waals surface area contributed by atoms with Gasteiger partial charge in [0.2, 0.25) is 0 Å². The number of hydrogen-bond acceptors (Lipinski definition) is 4. The third-order valence-corrected chi connectivity index (χ3v) is 4.13. The zero-order chi connectivity index (χ0) is 14.7. The second-order valence-electron chi connectivity index (χ2n) is 5.86. The summed E-state index contributed by atoms with van der Waals surface area (Å²) in [5.41, 5.74) is 6.59. The Morgan fingerprint density at radius 3 is 3.14 bits per heavy atom. The Balaban J connectivity index is 1.75. The number of likely N-dealkylation sites (tertiary alicyclic amines) is 1. The van der Waals surface area contributed by atoms with Gasteiger partial charge in [-0.05, 0) is 24.6 Å². The SMILES string of the molecule is CCCOc1ccc2c(c1)OC1(C=C2)CCN(CCN)C1. The first-order valence-electron chi connectivity index (χ1n) is 7.82. The van der Waals surface area contributed by atoms with Crippen LogP contribution in [0.2, 0.25) is 0 Å². The first-order valence-corrected chi connectivity index (χ1v) is 7.82. The largest absolute Gasteiger partial charge is 0.493 e. The highest BCUT2D eigenvalue weighted by atomic mass is 16.5. The molecule has 0 saturated carbocycles. The highest BCUT2D eigenvalue weighted by Gasteiger charge is 2.39. The van der Waals surface area contributed by atoms with Crippen molar-refractivity contribution in [3.8, 4) is 11.5 Å². The fraction of sp³-hybridized carbons (Fsp3) is 0.529. The van der Waals surface area contributed by atoms with Crippen molar-refractivity contribution in [2.24, 2.45) is 5.73 Å².